The van der Waals surface area contributed by atoms with Gasteiger partial charge in [-0.2, -0.15) is 4.31 Å². The maximum Gasteiger partial charge on any atom is 0.243 e. The molecule has 7 heteroatoms. The Hall–Kier alpha value is -1.73. The number of sulfonamides is 1. The molecular weight excluding hydrogens is 336 g/mol. The van der Waals surface area contributed by atoms with Crippen LogP contribution in [0, 0.1) is 12.3 Å². The lowest BCUT2D eigenvalue weighted by Crippen LogP contribution is -2.38. The summed E-state index contributed by atoms with van der Waals surface area (Å²) in [4.78, 5) is 0.389. The average molecular weight is 360 g/mol. The Labute approximate surface area is 148 Å². The summed E-state index contributed by atoms with van der Waals surface area (Å²) in [6.07, 6.45) is 5.04. The molecule has 1 saturated carbocycles. The van der Waals surface area contributed by atoms with Crippen LogP contribution < -0.4 is 0 Å². The Morgan fingerprint density at radius 1 is 1.32 bits per heavy atom. The smallest absolute Gasteiger partial charge is 0.243 e. The molecule has 1 atom stereocenters. The van der Waals surface area contributed by atoms with Crippen molar-refractivity contribution in [3.05, 3.63) is 42.0 Å². The van der Waals surface area contributed by atoms with Crippen LogP contribution in [0.2, 0.25) is 0 Å². The molecule has 0 radical (unpaired) electrons. The van der Waals surface area contributed by atoms with E-state index in [1.54, 1.807) is 22.8 Å². The van der Waals surface area contributed by atoms with Crippen LogP contribution in [-0.2, 0) is 16.6 Å². The molecule has 1 spiro atoms. The van der Waals surface area contributed by atoms with Gasteiger partial charge in [-0.3, -0.25) is 0 Å². The number of nitrogens with zero attached hydrogens (tertiary/aromatic N) is 4. The first kappa shape index (κ1) is 16.7. The second-order valence-electron chi connectivity index (χ2n) is 7.36. The van der Waals surface area contributed by atoms with E-state index in [2.05, 4.69) is 17.1 Å². The lowest BCUT2D eigenvalue weighted by atomic mass is 9.62. The number of aryl methyl sites for hydroxylation is 2. The fourth-order valence-electron chi connectivity index (χ4n) is 4.30. The third-order valence-electron chi connectivity index (χ3n) is 5.89. The minimum absolute atomic E-state index is 0.0247. The number of benzene rings is 1. The summed E-state index contributed by atoms with van der Waals surface area (Å²) < 4.78 is 30.1. The van der Waals surface area contributed by atoms with Crippen molar-refractivity contribution >= 4 is 10.0 Å². The summed E-state index contributed by atoms with van der Waals surface area (Å²) >= 11 is 0. The lowest BCUT2D eigenvalue weighted by molar-refractivity contribution is 0.125. The molecule has 6 nitrogen and oxygen atoms in total. The van der Waals surface area contributed by atoms with Crippen LogP contribution in [0.3, 0.4) is 0 Å². The van der Waals surface area contributed by atoms with Crippen molar-refractivity contribution in [3.8, 4) is 0 Å². The lowest BCUT2D eigenvalue weighted by Gasteiger charge is -2.42. The minimum atomic E-state index is -3.48. The molecule has 0 amide bonds. The fourth-order valence-corrected chi connectivity index (χ4v) is 5.96. The zero-order valence-corrected chi connectivity index (χ0v) is 15.5. The number of hydrogen-bond donors (Lipinski definition) is 0. The average Bonchev–Trinajstić information content (AvgIpc) is 3.18. The largest absolute Gasteiger partial charge is 0.318 e. The van der Waals surface area contributed by atoms with E-state index in [4.69, 9.17) is 0 Å². The Bertz CT molecular complexity index is 886. The van der Waals surface area contributed by atoms with Crippen LogP contribution in [-0.4, -0.2) is 40.6 Å². The molecule has 2 heterocycles. The predicted molar refractivity (Wildman–Crippen MR) is 94.7 cm³/mol. The van der Waals surface area contributed by atoms with Gasteiger partial charge in [-0.15, -0.1) is 10.2 Å². The molecule has 25 heavy (non-hydrogen) atoms. The van der Waals surface area contributed by atoms with E-state index in [-0.39, 0.29) is 11.3 Å². The maximum atomic E-state index is 13.2. The number of rotatable bonds is 4. The molecule has 4 rings (SSSR count). The SMILES string of the molecule is CCn1cnnc1C1CN(S(=O)(=O)c2cccc(C)c2)CC12CCC2. The van der Waals surface area contributed by atoms with E-state index in [1.165, 1.54) is 0 Å². The topological polar surface area (TPSA) is 68.1 Å². The first-order valence-electron chi connectivity index (χ1n) is 8.91. The monoisotopic (exact) mass is 360 g/mol. The molecule has 2 fully saturated rings. The summed E-state index contributed by atoms with van der Waals surface area (Å²) in [5.74, 6) is 1.06. The van der Waals surface area contributed by atoms with E-state index >= 15 is 0 Å². The predicted octanol–water partition coefficient (Wildman–Crippen LogP) is 2.56. The van der Waals surface area contributed by atoms with Crippen LogP contribution >= 0.6 is 0 Å². The Balaban J connectivity index is 1.69. The zero-order chi connectivity index (χ0) is 17.7. The minimum Gasteiger partial charge on any atom is -0.318 e. The van der Waals surface area contributed by atoms with E-state index in [0.29, 0.717) is 18.0 Å². The Morgan fingerprint density at radius 3 is 2.76 bits per heavy atom. The summed E-state index contributed by atoms with van der Waals surface area (Å²) in [7, 11) is -3.48. The second kappa shape index (κ2) is 5.92. The highest BCUT2D eigenvalue weighted by atomic mass is 32.2. The highest BCUT2D eigenvalue weighted by Gasteiger charge is 2.55. The van der Waals surface area contributed by atoms with E-state index in [0.717, 1.165) is 37.2 Å². The van der Waals surface area contributed by atoms with E-state index in [1.807, 2.05) is 23.6 Å². The quantitative estimate of drug-likeness (QED) is 0.840. The molecule has 134 valence electrons. The van der Waals surface area contributed by atoms with Crippen molar-refractivity contribution in [2.75, 3.05) is 13.1 Å². The van der Waals surface area contributed by atoms with E-state index in [9.17, 15) is 8.42 Å². The highest BCUT2D eigenvalue weighted by molar-refractivity contribution is 7.89. The first-order valence-corrected chi connectivity index (χ1v) is 10.3. The van der Waals surface area contributed by atoms with Crippen LogP contribution in [0.15, 0.2) is 35.5 Å². The molecular formula is C18H24N4O2S. The van der Waals surface area contributed by atoms with Gasteiger partial charge in [0.1, 0.15) is 12.2 Å². The molecule has 1 aliphatic carbocycles. The Kier molecular flexibility index (Phi) is 3.96. The van der Waals surface area contributed by atoms with Gasteiger partial charge in [-0.1, -0.05) is 18.6 Å². The maximum absolute atomic E-state index is 13.2. The normalized spacial score (nSPS) is 23.0. The van der Waals surface area contributed by atoms with Crippen molar-refractivity contribution in [1.82, 2.24) is 19.1 Å². The molecule has 2 aromatic rings. The van der Waals surface area contributed by atoms with Crippen LogP contribution in [0.1, 0.15) is 43.5 Å². The van der Waals surface area contributed by atoms with Gasteiger partial charge in [0.15, 0.2) is 0 Å². The van der Waals surface area contributed by atoms with Crippen molar-refractivity contribution < 1.29 is 8.42 Å². The highest BCUT2D eigenvalue weighted by Crippen LogP contribution is 2.56. The number of aromatic nitrogens is 3. The van der Waals surface area contributed by atoms with Crippen LogP contribution in [0.5, 0.6) is 0 Å². The molecule has 1 aromatic heterocycles. The van der Waals surface area contributed by atoms with Crippen LogP contribution in [0.25, 0.3) is 0 Å². The van der Waals surface area contributed by atoms with Gasteiger partial charge in [0, 0.05) is 25.6 Å². The molecule has 0 bridgehead atoms. The van der Waals surface area contributed by atoms with Gasteiger partial charge in [0.2, 0.25) is 10.0 Å². The van der Waals surface area contributed by atoms with Gasteiger partial charge < -0.3 is 4.57 Å². The fraction of sp³-hybridized carbons (Fsp3) is 0.556. The standard InChI is InChI=1S/C18H24N4O2S/c1-3-21-13-19-20-17(21)16-11-22(12-18(16)8-5-9-18)25(23,24)15-7-4-6-14(2)10-15/h4,6-7,10,13,16H,3,5,8-9,11-12H2,1-2H3. The summed E-state index contributed by atoms with van der Waals surface area (Å²) in [5, 5.41) is 8.40. The van der Waals surface area contributed by atoms with Gasteiger partial charge in [-0.05, 0) is 49.8 Å². The molecule has 2 aliphatic rings. The third-order valence-corrected chi connectivity index (χ3v) is 7.70. The van der Waals surface area contributed by atoms with Gasteiger partial charge in [0.05, 0.1) is 4.90 Å². The van der Waals surface area contributed by atoms with Gasteiger partial charge in [0.25, 0.3) is 0 Å². The van der Waals surface area contributed by atoms with Crippen molar-refractivity contribution in [2.24, 2.45) is 5.41 Å². The number of hydrogen-bond acceptors (Lipinski definition) is 4. The summed E-state index contributed by atoms with van der Waals surface area (Å²) in [6.45, 7) is 5.87. The summed E-state index contributed by atoms with van der Waals surface area (Å²) in [5.41, 5.74) is 0.984. The van der Waals surface area contributed by atoms with Gasteiger partial charge in [-0.25, -0.2) is 8.42 Å². The first-order chi connectivity index (χ1) is 12.0. The molecule has 0 N–H and O–H groups in total. The second-order valence-corrected chi connectivity index (χ2v) is 9.30. The summed E-state index contributed by atoms with van der Waals surface area (Å²) in [6, 6.07) is 7.17. The van der Waals surface area contributed by atoms with Crippen LogP contribution in [0.4, 0.5) is 0 Å². The van der Waals surface area contributed by atoms with Crippen molar-refractivity contribution in [1.29, 1.82) is 0 Å². The Morgan fingerprint density at radius 2 is 2.12 bits per heavy atom. The van der Waals surface area contributed by atoms with Crippen molar-refractivity contribution in [3.63, 3.8) is 0 Å². The van der Waals surface area contributed by atoms with Crippen molar-refractivity contribution in [2.45, 2.75) is 50.5 Å². The molecule has 1 unspecified atom stereocenters. The zero-order valence-electron chi connectivity index (χ0n) is 14.7. The third kappa shape index (κ3) is 2.60. The molecule has 1 aromatic carbocycles. The molecule has 1 aliphatic heterocycles. The van der Waals surface area contributed by atoms with Gasteiger partial charge >= 0.3 is 0 Å². The van der Waals surface area contributed by atoms with E-state index < -0.39 is 10.0 Å². The molecule has 1 saturated heterocycles.